The van der Waals surface area contributed by atoms with Crippen LogP contribution in [-0.4, -0.2) is 60.5 Å². The van der Waals surface area contributed by atoms with Gasteiger partial charge in [0.25, 0.3) is 0 Å². The van der Waals surface area contributed by atoms with Gasteiger partial charge in [0.2, 0.25) is 0 Å². The van der Waals surface area contributed by atoms with Crippen molar-refractivity contribution in [3.8, 4) is 0 Å². The van der Waals surface area contributed by atoms with Crippen molar-refractivity contribution in [3.63, 3.8) is 0 Å². The summed E-state index contributed by atoms with van der Waals surface area (Å²) in [4.78, 5) is 33.8. The molecule has 400 valence electrons. The van der Waals surface area contributed by atoms with Crippen molar-refractivity contribution in [3.05, 3.63) is 36.5 Å². The topological polar surface area (TPSA) is 155 Å². The van der Waals surface area contributed by atoms with Crippen molar-refractivity contribution in [1.82, 2.24) is 0 Å². The summed E-state index contributed by atoms with van der Waals surface area (Å²) in [6, 6.07) is -1.47. The second-order valence-corrected chi connectivity index (χ2v) is 20.9. The lowest BCUT2D eigenvalue weighted by Gasteiger charge is -2.20. The molecule has 0 spiro atoms. The zero-order valence-corrected chi connectivity index (χ0v) is 45.1. The van der Waals surface area contributed by atoms with Gasteiger partial charge in [-0.3, -0.25) is 18.6 Å². The van der Waals surface area contributed by atoms with E-state index in [9.17, 15) is 19.0 Å². The number of nitrogens with two attached hydrogens (primary N) is 1. The minimum atomic E-state index is -4.63. The number of carboxylic acids is 1. The highest BCUT2D eigenvalue weighted by molar-refractivity contribution is 7.47. The van der Waals surface area contributed by atoms with Crippen LogP contribution in [0.4, 0.5) is 0 Å². The van der Waals surface area contributed by atoms with E-state index in [0.29, 0.717) is 13.0 Å². The summed E-state index contributed by atoms with van der Waals surface area (Å²) >= 11 is 0. The second kappa shape index (κ2) is 53.0. The number of carbonyl (C=O) groups excluding carboxylic acids is 1. The average Bonchev–Trinajstić information content (AvgIpc) is 3.32. The van der Waals surface area contributed by atoms with Gasteiger partial charge in [0.1, 0.15) is 12.1 Å². The molecular formula is C57H108NO9P. The molecular weight excluding hydrogens is 874 g/mol. The van der Waals surface area contributed by atoms with Gasteiger partial charge in [-0.1, -0.05) is 256 Å². The Morgan fingerprint density at radius 2 is 0.809 bits per heavy atom. The van der Waals surface area contributed by atoms with Gasteiger partial charge in [-0.15, -0.1) is 0 Å². The Labute approximate surface area is 418 Å². The number of aliphatic carboxylic acids is 1. The van der Waals surface area contributed by atoms with Crippen LogP contribution in [0.3, 0.4) is 0 Å². The number of esters is 1. The molecule has 0 fully saturated rings. The quantitative estimate of drug-likeness (QED) is 0.0232. The molecule has 0 aromatic heterocycles. The molecule has 0 aliphatic heterocycles. The Balaban J connectivity index is 4.07. The smallest absolute Gasteiger partial charge is 0.472 e. The predicted molar refractivity (Wildman–Crippen MR) is 286 cm³/mol. The van der Waals surface area contributed by atoms with Crippen LogP contribution in [0.25, 0.3) is 0 Å². The summed E-state index contributed by atoms with van der Waals surface area (Å²) in [6.07, 6.45) is 63.5. The molecule has 0 amide bonds. The number of hydrogen-bond acceptors (Lipinski definition) is 8. The zero-order chi connectivity index (χ0) is 49.7. The monoisotopic (exact) mass is 982 g/mol. The van der Waals surface area contributed by atoms with Gasteiger partial charge in [-0.2, -0.15) is 0 Å². The summed E-state index contributed by atoms with van der Waals surface area (Å²) in [6.45, 7) is 3.92. The van der Waals surface area contributed by atoms with Crippen LogP contribution >= 0.6 is 7.82 Å². The summed E-state index contributed by atoms with van der Waals surface area (Å²) < 4.78 is 33.6. The van der Waals surface area contributed by atoms with Gasteiger partial charge >= 0.3 is 19.8 Å². The van der Waals surface area contributed by atoms with E-state index in [1.807, 2.05) is 0 Å². The van der Waals surface area contributed by atoms with E-state index < -0.39 is 45.1 Å². The summed E-state index contributed by atoms with van der Waals surface area (Å²) in [5.41, 5.74) is 5.39. The van der Waals surface area contributed by atoms with Gasteiger partial charge in [0, 0.05) is 13.0 Å². The maximum absolute atomic E-state index is 12.7. The van der Waals surface area contributed by atoms with E-state index in [1.165, 1.54) is 199 Å². The van der Waals surface area contributed by atoms with Crippen molar-refractivity contribution >= 4 is 19.8 Å². The lowest BCUT2D eigenvalue weighted by atomic mass is 10.0. The van der Waals surface area contributed by atoms with Crippen LogP contribution in [0, 0.1) is 0 Å². The number of phosphoric ester groups is 1. The third-order valence-corrected chi connectivity index (χ3v) is 13.6. The van der Waals surface area contributed by atoms with E-state index in [1.54, 1.807) is 0 Å². The highest BCUT2D eigenvalue weighted by Crippen LogP contribution is 2.43. The Bertz CT molecular complexity index is 1230. The molecule has 4 N–H and O–H groups in total. The first-order valence-corrected chi connectivity index (χ1v) is 30.0. The Morgan fingerprint density at radius 3 is 1.21 bits per heavy atom. The molecule has 0 rings (SSSR count). The highest BCUT2D eigenvalue weighted by Gasteiger charge is 2.27. The van der Waals surface area contributed by atoms with Gasteiger partial charge < -0.3 is 25.2 Å². The first kappa shape index (κ1) is 66.2. The minimum Gasteiger partial charge on any atom is -0.480 e. The van der Waals surface area contributed by atoms with Crippen LogP contribution in [0.1, 0.15) is 277 Å². The van der Waals surface area contributed by atoms with E-state index in [0.717, 1.165) is 51.4 Å². The van der Waals surface area contributed by atoms with Crippen LogP contribution in [0.5, 0.6) is 0 Å². The molecule has 0 aliphatic rings. The van der Waals surface area contributed by atoms with Crippen LogP contribution in [0.2, 0.25) is 0 Å². The molecule has 68 heavy (non-hydrogen) atoms. The maximum atomic E-state index is 12.7. The number of ether oxygens (including phenoxy) is 2. The normalized spacial score (nSPS) is 13.8. The molecule has 0 aromatic rings. The predicted octanol–water partition coefficient (Wildman–Crippen LogP) is 17.2. The van der Waals surface area contributed by atoms with Gasteiger partial charge in [-0.25, -0.2) is 4.57 Å². The van der Waals surface area contributed by atoms with Crippen molar-refractivity contribution < 1.29 is 42.7 Å². The van der Waals surface area contributed by atoms with Gasteiger partial charge in [-0.05, 0) is 51.4 Å². The molecule has 0 saturated carbocycles. The van der Waals surface area contributed by atoms with E-state index in [-0.39, 0.29) is 13.0 Å². The van der Waals surface area contributed by atoms with Crippen molar-refractivity contribution in [2.24, 2.45) is 5.73 Å². The second-order valence-electron chi connectivity index (χ2n) is 19.4. The summed E-state index contributed by atoms with van der Waals surface area (Å²) in [7, 11) is -4.63. The van der Waals surface area contributed by atoms with Crippen LogP contribution in [0.15, 0.2) is 36.5 Å². The van der Waals surface area contributed by atoms with Crippen LogP contribution in [-0.2, 0) is 32.7 Å². The summed E-state index contributed by atoms with van der Waals surface area (Å²) in [5, 5.41) is 8.95. The summed E-state index contributed by atoms with van der Waals surface area (Å²) in [5.74, 6) is -1.77. The molecule has 11 heteroatoms. The Kier molecular flexibility index (Phi) is 51.6. The van der Waals surface area contributed by atoms with Crippen LogP contribution < -0.4 is 5.73 Å². The SMILES string of the molecule is CCCCCCC/C=C\C/C=C\C/C=C\CCCCCCCCCCCOCC(COP(=O)(O)OCC(N)C(=O)O)OC(=O)CCCCCCCCCCCCCCCCCCCCCCCC. The largest absolute Gasteiger partial charge is 0.480 e. The third-order valence-electron chi connectivity index (χ3n) is 12.7. The van der Waals surface area contributed by atoms with Gasteiger partial charge in [0.15, 0.2) is 0 Å². The fourth-order valence-corrected chi connectivity index (χ4v) is 9.04. The molecule has 0 heterocycles. The van der Waals surface area contributed by atoms with Gasteiger partial charge in [0.05, 0.1) is 19.8 Å². The van der Waals surface area contributed by atoms with Crippen molar-refractivity contribution in [2.45, 2.75) is 289 Å². The molecule has 0 bridgehead atoms. The van der Waals surface area contributed by atoms with E-state index in [4.69, 9.17) is 29.4 Å². The van der Waals surface area contributed by atoms with E-state index >= 15 is 0 Å². The fourth-order valence-electron chi connectivity index (χ4n) is 8.26. The first-order valence-electron chi connectivity index (χ1n) is 28.5. The highest BCUT2D eigenvalue weighted by atomic mass is 31.2. The van der Waals surface area contributed by atoms with Crippen molar-refractivity contribution in [1.29, 1.82) is 0 Å². The molecule has 10 nitrogen and oxygen atoms in total. The number of hydrogen-bond donors (Lipinski definition) is 3. The number of carboxylic acid groups (broad SMARTS) is 1. The molecule has 0 aliphatic carbocycles. The maximum Gasteiger partial charge on any atom is 0.472 e. The average molecular weight is 982 g/mol. The lowest BCUT2D eigenvalue weighted by Crippen LogP contribution is -2.34. The number of unbranched alkanes of at least 4 members (excludes halogenated alkanes) is 35. The molecule has 0 radical (unpaired) electrons. The molecule has 0 saturated heterocycles. The number of allylic oxidation sites excluding steroid dienone is 6. The fraction of sp³-hybridized carbons (Fsp3) is 0.860. The molecule has 0 aromatic carbocycles. The third kappa shape index (κ3) is 52.0. The Hall–Kier alpha value is -1.81. The zero-order valence-electron chi connectivity index (χ0n) is 44.2. The van der Waals surface area contributed by atoms with Crippen molar-refractivity contribution in [2.75, 3.05) is 26.4 Å². The number of phosphoric acid groups is 1. The minimum absolute atomic E-state index is 0.0164. The molecule has 3 unspecified atom stereocenters. The molecule has 3 atom stereocenters. The first-order chi connectivity index (χ1) is 33.2. The standard InChI is InChI=1S/C57H108NO9P/c1-3-5-7-9-11-13-15-17-19-21-23-25-27-28-30-32-34-36-38-40-42-44-46-48-50-64-51-54(52-65-68(62,63)66-53-55(58)57(60)61)67-56(59)49-47-45-43-41-39-37-35-33-31-29-26-24-22-20-18-16-14-12-10-8-6-4-2/h15,17,21,23,27-28,54-55H,3-14,16,18-20,22,24-26,29-53,58H2,1-2H3,(H,60,61)(H,62,63)/b17-15-,23-21-,28-27-. The van der Waals surface area contributed by atoms with E-state index in [2.05, 4.69) is 50.3 Å². The number of carbonyl (C=O) groups is 2. The Morgan fingerprint density at radius 1 is 0.471 bits per heavy atom. The number of rotatable bonds is 55. The lowest BCUT2D eigenvalue weighted by molar-refractivity contribution is -0.154.